The lowest BCUT2D eigenvalue weighted by atomic mass is 10.1. The summed E-state index contributed by atoms with van der Waals surface area (Å²) < 4.78 is 13.5. The molecule has 2 aliphatic heterocycles. The molecule has 0 aliphatic carbocycles. The predicted molar refractivity (Wildman–Crippen MR) is 79.8 cm³/mol. The van der Waals surface area contributed by atoms with Crippen LogP contribution in [0.25, 0.3) is 0 Å². The van der Waals surface area contributed by atoms with Gasteiger partial charge < -0.3 is 15.1 Å². The van der Waals surface area contributed by atoms with Crippen molar-refractivity contribution in [3.63, 3.8) is 0 Å². The number of rotatable bonds is 2. The highest BCUT2D eigenvalue weighted by atomic mass is 19.1. The maximum Gasteiger partial charge on any atom is 0.322 e. The topological polar surface area (TPSA) is 38.8 Å². The first-order valence-electron chi connectivity index (χ1n) is 7.36. The van der Waals surface area contributed by atoms with Crippen LogP contribution in [-0.2, 0) is 0 Å². The normalized spacial score (nSPS) is 21.1. The van der Waals surface area contributed by atoms with E-state index >= 15 is 0 Å². The van der Waals surface area contributed by atoms with Crippen molar-refractivity contribution in [2.45, 2.75) is 6.04 Å². The maximum atomic E-state index is 13.5. The van der Waals surface area contributed by atoms with E-state index in [4.69, 9.17) is 0 Å². The quantitative estimate of drug-likeness (QED) is 0.893. The number of halogens is 1. The Balaban J connectivity index is 1.48. The molecule has 114 valence electrons. The third-order valence-electron chi connectivity index (χ3n) is 4.32. The molecule has 0 bridgehead atoms. The van der Waals surface area contributed by atoms with Crippen LogP contribution in [0.15, 0.2) is 24.3 Å². The third kappa shape index (κ3) is 3.16. The molecule has 2 fully saturated rings. The van der Waals surface area contributed by atoms with Crippen molar-refractivity contribution >= 4 is 11.7 Å². The second-order valence-electron chi connectivity index (χ2n) is 5.81. The minimum atomic E-state index is -0.401. The van der Waals surface area contributed by atoms with Crippen LogP contribution in [0.5, 0.6) is 0 Å². The summed E-state index contributed by atoms with van der Waals surface area (Å²) in [4.78, 5) is 18.5. The van der Waals surface area contributed by atoms with E-state index in [2.05, 4.69) is 22.2 Å². The molecule has 3 rings (SSSR count). The molecule has 0 saturated carbocycles. The molecule has 2 aliphatic rings. The zero-order chi connectivity index (χ0) is 14.8. The Labute approximate surface area is 124 Å². The van der Waals surface area contributed by atoms with Gasteiger partial charge in [-0.1, -0.05) is 12.1 Å². The smallest absolute Gasteiger partial charge is 0.321 e. The largest absolute Gasteiger partial charge is 0.322 e. The second kappa shape index (κ2) is 5.99. The molecule has 0 unspecified atom stereocenters. The Morgan fingerprint density at radius 3 is 2.52 bits per heavy atom. The fourth-order valence-corrected chi connectivity index (χ4v) is 2.80. The highest BCUT2D eigenvalue weighted by Crippen LogP contribution is 2.19. The van der Waals surface area contributed by atoms with Crippen molar-refractivity contribution in [3.8, 4) is 0 Å². The van der Waals surface area contributed by atoms with Crippen molar-refractivity contribution in [2.24, 2.45) is 0 Å². The van der Waals surface area contributed by atoms with Crippen LogP contribution in [0.2, 0.25) is 0 Å². The SMILES string of the molecule is CN1CCN(C2CN(C(=O)Nc3ccccc3F)C2)CC1. The van der Waals surface area contributed by atoms with Gasteiger partial charge in [0.2, 0.25) is 0 Å². The number of likely N-dealkylation sites (N-methyl/N-ethyl adjacent to an activating group) is 1. The van der Waals surface area contributed by atoms with Crippen LogP contribution in [0.3, 0.4) is 0 Å². The Morgan fingerprint density at radius 1 is 1.19 bits per heavy atom. The zero-order valence-corrected chi connectivity index (χ0v) is 12.3. The number of nitrogens with one attached hydrogen (secondary N) is 1. The van der Waals surface area contributed by atoms with Gasteiger partial charge in [-0.05, 0) is 19.2 Å². The molecule has 2 amide bonds. The van der Waals surface area contributed by atoms with Crippen LogP contribution in [-0.4, -0.2) is 73.1 Å². The lowest BCUT2D eigenvalue weighted by Gasteiger charge is -2.47. The number of benzene rings is 1. The second-order valence-corrected chi connectivity index (χ2v) is 5.81. The molecule has 2 heterocycles. The molecule has 1 aromatic rings. The van der Waals surface area contributed by atoms with Crippen LogP contribution >= 0.6 is 0 Å². The molecule has 5 nitrogen and oxygen atoms in total. The molecular formula is C15H21FN4O. The Kier molecular flexibility index (Phi) is 4.07. The first-order chi connectivity index (χ1) is 10.1. The number of para-hydroxylation sites is 1. The van der Waals surface area contributed by atoms with E-state index in [-0.39, 0.29) is 11.7 Å². The van der Waals surface area contributed by atoms with E-state index in [1.54, 1.807) is 23.1 Å². The number of amides is 2. The standard InChI is InChI=1S/C15H21FN4O/c1-18-6-8-19(9-7-18)12-10-20(11-12)15(21)17-14-5-3-2-4-13(14)16/h2-5,12H,6-11H2,1H3,(H,17,21). The van der Waals surface area contributed by atoms with E-state index in [0.717, 1.165) is 39.3 Å². The number of carbonyl (C=O) groups is 1. The van der Waals surface area contributed by atoms with Crippen LogP contribution < -0.4 is 5.32 Å². The zero-order valence-electron chi connectivity index (χ0n) is 12.3. The molecule has 21 heavy (non-hydrogen) atoms. The van der Waals surface area contributed by atoms with Crippen molar-refractivity contribution in [2.75, 3.05) is 51.6 Å². The fourth-order valence-electron chi connectivity index (χ4n) is 2.80. The van der Waals surface area contributed by atoms with Gasteiger partial charge in [-0.25, -0.2) is 9.18 Å². The average Bonchev–Trinajstić information content (AvgIpc) is 2.42. The monoisotopic (exact) mass is 292 g/mol. The van der Waals surface area contributed by atoms with Gasteiger partial charge in [-0.3, -0.25) is 4.90 Å². The summed E-state index contributed by atoms with van der Waals surface area (Å²) >= 11 is 0. The van der Waals surface area contributed by atoms with E-state index in [1.165, 1.54) is 6.07 Å². The lowest BCUT2D eigenvalue weighted by molar-refractivity contribution is 0.0318. The summed E-state index contributed by atoms with van der Waals surface area (Å²) in [6, 6.07) is 6.47. The number of piperazine rings is 1. The van der Waals surface area contributed by atoms with Gasteiger partial charge in [-0.15, -0.1) is 0 Å². The van der Waals surface area contributed by atoms with Gasteiger partial charge >= 0.3 is 6.03 Å². The van der Waals surface area contributed by atoms with Crippen molar-refractivity contribution in [1.82, 2.24) is 14.7 Å². The fraction of sp³-hybridized carbons (Fsp3) is 0.533. The van der Waals surface area contributed by atoms with Crippen molar-refractivity contribution < 1.29 is 9.18 Å². The van der Waals surface area contributed by atoms with Crippen LogP contribution in [0.4, 0.5) is 14.9 Å². The van der Waals surface area contributed by atoms with Gasteiger partial charge in [0.05, 0.1) is 5.69 Å². The Morgan fingerprint density at radius 2 is 1.86 bits per heavy atom. The van der Waals surface area contributed by atoms with Crippen LogP contribution in [0.1, 0.15) is 0 Å². The number of hydrogen-bond acceptors (Lipinski definition) is 3. The molecular weight excluding hydrogens is 271 g/mol. The van der Waals surface area contributed by atoms with Crippen molar-refractivity contribution in [3.05, 3.63) is 30.1 Å². The number of nitrogens with zero attached hydrogens (tertiary/aromatic N) is 3. The maximum absolute atomic E-state index is 13.5. The summed E-state index contributed by atoms with van der Waals surface area (Å²) in [5, 5.41) is 2.63. The lowest BCUT2D eigenvalue weighted by Crippen LogP contribution is -2.64. The molecule has 0 atom stereocenters. The van der Waals surface area contributed by atoms with E-state index < -0.39 is 5.82 Å². The van der Waals surface area contributed by atoms with E-state index in [0.29, 0.717) is 6.04 Å². The van der Waals surface area contributed by atoms with E-state index in [9.17, 15) is 9.18 Å². The molecule has 0 aromatic heterocycles. The van der Waals surface area contributed by atoms with Gasteiger partial charge in [-0.2, -0.15) is 0 Å². The highest BCUT2D eigenvalue weighted by Gasteiger charge is 2.35. The first kappa shape index (κ1) is 14.3. The van der Waals surface area contributed by atoms with Gasteiger partial charge in [0.25, 0.3) is 0 Å². The number of likely N-dealkylation sites (tertiary alicyclic amines) is 1. The number of hydrogen-bond donors (Lipinski definition) is 1. The number of urea groups is 1. The highest BCUT2D eigenvalue weighted by molar-refractivity contribution is 5.90. The minimum absolute atomic E-state index is 0.217. The summed E-state index contributed by atoms with van der Waals surface area (Å²) in [7, 11) is 2.13. The summed E-state index contributed by atoms with van der Waals surface area (Å²) in [5.74, 6) is -0.401. The average molecular weight is 292 g/mol. The number of anilines is 1. The van der Waals surface area contributed by atoms with Crippen molar-refractivity contribution in [1.29, 1.82) is 0 Å². The first-order valence-corrected chi connectivity index (χ1v) is 7.36. The number of carbonyl (C=O) groups excluding carboxylic acids is 1. The minimum Gasteiger partial charge on any atom is -0.321 e. The summed E-state index contributed by atoms with van der Waals surface area (Å²) in [6.45, 7) is 5.73. The van der Waals surface area contributed by atoms with Gasteiger partial charge in [0, 0.05) is 45.3 Å². The molecule has 6 heteroatoms. The molecule has 0 radical (unpaired) electrons. The summed E-state index contributed by atoms with van der Waals surface area (Å²) in [6.07, 6.45) is 0. The Hall–Kier alpha value is -1.66. The predicted octanol–water partition coefficient (Wildman–Crippen LogP) is 1.29. The van der Waals surface area contributed by atoms with Crippen LogP contribution in [0, 0.1) is 5.82 Å². The molecule has 0 spiro atoms. The molecule has 1 aromatic carbocycles. The van der Waals surface area contributed by atoms with Gasteiger partial charge in [0.1, 0.15) is 5.82 Å². The molecule has 1 N–H and O–H groups in total. The van der Waals surface area contributed by atoms with Gasteiger partial charge in [0.15, 0.2) is 0 Å². The molecule has 2 saturated heterocycles. The third-order valence-corrected chi connectivity index (χ3v) is 4.32. The summed E-state index contributed by atoms with van der Waals surface area (Å²) in [5.41, 5.74) is 0.241. The Bertz CT molecular complexity index is 510. The van der Waals surface area contributed by atoms with E-state index in [1.807, 2.05) is 0 Å².